The molecule has 0 heterocycles. The third-order valence-electron chi connectivity index (χ3n) is 2.60. The largest absolute Gasteiger partial charge is 0.456 e. The van der Waals surface area contributed by atoms with Crippen LogP contribution < -0.4 is 10.5 Å². The molecule has 0 aliphatic rings. The summed E-state index contributed by atoms with van der Waals surface area (Å²) in [5.41, 5.74) is 4.58. The smallest absolute Gasteiger partial charge is 0.420 e. The third kappa shape index (κ3) is 3.19. The molecule has 2 rings (SSSR count). The first-order valence-electron chi connectivity index (χ1n) is 5.69. The first-order chi connectivity index (χ1) is 9.41. The lowest BCUT2D eigenvalue weighted by Crippen LogP contribution is -2.08. The Kier molecular flexibility index (Phi) is 4.13. The molecule has 0 spiro atoms. The second-order valence-corrected chi connectivity index (χ2v) is 4.85. The Hall–Kier alpha value is -1.82. The zero-order valence-electron chi connectivity index (χ0n) is 10.6. The quantitative estimate of drug-likeness (QED) is 0.653. The van der Waals surface area contributed by atoms with E-state index in [0.29, 0.717) is 5.75 Å². The maximum atomic E-state index is 13.0. The number of anilines is 1. The highest BCUT2D eigenvalue weighted by atomic mass is 32.2. The van der Waals surface area contributed by atoms with E-state index in [1.807, 2.05) is 6.26 Å². The van der Waals surface area contributed by atoms with Gasteiger partial charge < -0.3 is 10.5 Å². The van der Waals surface area contributed by atoms with Crippen molar-refractivity contribution >= 4 is 17.4 Å². The van der Waals surface area contributed by atoms with Crippen LogP contribution in [0.15, 0.2) is 47.4 Å². The lowest BCUT2D eigenvalue weighted by molar-refractivity contribution is -0.138. The summed E-state index contributed by atoms with van der Waals surface area (Å²) in [6, 6.07) is 10.4. The topological polar surface area (TPSA) is 35.2 Å². The molecule has 0 bridgehead atoms. The number of benzene rings is 2. The van der Waals surface area contributed by atoms with E-state index in [9.17, 15) is 13.2 Å². The van der Waals surface area contributed by atoms with E-state index in [1.54, 1.807) is 24.3 Å². The average molecular weight is 299 g/mol. The van der Waals surface area contributed by atoms with Crippen molar-refractivity contribution in [3.63, 3.8) is 0 Å². The highest BCUT2D eigenvalue weighted by molar-refractivity contribution is 7.98. The highest BCUT2D eigenvalue weighted by Crippen LogP contribution is 2.40. The fourth-order valence-corrected chi connectivity index (χ4v) is 2.21. The second-order valence-electron chi connectivity index (χ2n) is 4.01. The molecule has 0 aliphatic heterocycles. The first kappa shape index (κ1) is 14.6. The van der Waals surface area contributed by atoms with Crippen molar-refractivity contribution in [3.05, 3.63) is 48.0 Å². The Morgan fingerprint density at radius 3 is 2.40 bits per heavy atom. The van der Waals surface area contributed by atoms with Gasteiger partial charge in [-0.1, -0.05) is 12.1 Å². The van der Waals surface area contributed by atoms with Crippen molar-refractivity contribution in [2.24, 2.45) is 0 Å². The van der Waals surface area contributed by atoms with E-state index < -0.39 is 11.7 Å². The van der Waals surface area contributed by atoms with Gasteiger partial charge in [0.25, 0.3) is 0 Å². The van der Waals surface area contributed by atoms with Gasteiger partial charge in [0, 0.05) is 10.6 Å². The van der Waals surface area contributed by atoms with Crippen LogP contribution in [0.1, 0.15) is 5.56 Å². The summed E-state index contributed by atoms with van der Waals surface area (Å²) in [5.74, 6) is 0.128. The Balaban J connectivity index is 2.44. The number of hydrogen-bond acceptors (Lipinski definition) is 3. The van der Waals surface area contributed by atoms with Crippen LogP contribution >= 0.6 is 11.8 Å². The highest BCUT2D eigenvalue weighted by Gasteiger charge is 2.34. The van der Waals surface area contributed by atoms with Gasteiger partial charge in [-0.3, -0.25) is 0 Å². The van der Waals surface area contributed by atoms with Crippen molar-refractivity contribution < 1.29 is 17.9 Å². The monoisotopic (exact) mass is 299 g/mol. The van der Waals surface area contributed by atoms with E-state index in [4.69, 9.17) is 10.5 Å². The summed E-state index contributed by atoms with van der Waals surface area (Å²) < 4.78 is 44.3. The molecule has 0 saturated carbocycles. The van der Waals surface area contributed by atoms with Crippen LogP contribution in [-0.4, -0.2) is 6.26 Å². The normalized spacial score (nSPS) is 11.4. The molecule has 2 aromatic rings. The summed E-state index contributed by atoms with van der Waals surface area (Å²) in [6.07, 6.45) is -2.69. The minimum Gasteiger partial charge on any atom is -0.456 e. The predicted molar refractivity (Wildman–Crippen MR) is 74.2 cm³/mol. The van der Waals surface area contributed by atoms with Crippen molar-refractivity contribution in [2.75, 3.05) is 12.0 Å². The van der Waals surface area contributed by atoms with Crippen LogP contribution in [-0.2, 0) is 6.18 Å². The van der Waals surface area contributed by atoms with Crippen molar-refractivity contribution in [3.8, 4) is 11.5 Å². The third-order valence-corrected chi connectivity index (χ3v) is 3.38. The number of nitrogen functional groups attached to an aromatic ring is 1. The molecule has 0 fully saturated rings. The van der Waals surface area contributed by atoms with Crippen molar-refractivity contribution in [1.29, 1.82) is 0 Å². The number of thioether (sulfide) groups is 1. The number of halogens is 3. The molecule has 0 radical (unpaired) electrons. The molecule has 0 saturated heterocycles. The van der Waals surface area contributed by atoms with Gasteiger partial charge in [0.05, 0.1) is 0 Å². The molecule has 0 atom stereocenters. The Morgan fingerprint density at radius 1 is 1.05 bits per heavy atom. The number of ether oxygens (including phenoxy) is 1. The Labute approximate surface area is 118 Å². The van der Waals surface area contributed by atoms with Gasteiger partial charge in [-0.2, -0.15) is 13.2 Å². The first-order valence-corrected chi connectivity index (χ1v) is 6.92. The summed E-state index contributed by atoms with van der Waals surface area (Å²) in [4.78, 5) is 0.762. The molecule has 2 aromatic carbocycles. The molecular weight excluding hydrogens is 287 g/mol. The van der Waals surface area contributed by atoms with E-state index >= 15 is 0 Å². The molecule has 0 unspecified atom stereocenters. The SMILES string of the molecule is CSc1ccccc1Oc1ccc(N)cc1C(F)(F)F. The van der Waals surface area contributed by atoms with Gasteiger partial charge >= 0.3 is 6.18 Å². The van der Waals surface area contributed by atoms with Gasteiger partial charge in [0.15, 0.2) is 0 Å². The number of nitrogens with two attached hydrogens (primary N) is 1. The molecule has 6 heteroatoms. The standard InChI is InChI=1S/C14H12F3NOS/c1-20-13-5-3-2-4-12(13)19-11-7-6-9(18)8-10(11)14(15,16)17/h2-8H,18H2,1H3. The number of rotatable bonds is 3. The average Bonchev–Trinajstić information content (AvgIpc) is 2.40. The van der Waals surface area contributed by atoms with E-state index in [2.05, 4.69) is 0 Å². The lowest BCUT2D eigenvalue weighted by Gasteiger charge is -2.15. The minimum absolute atomic E-state index is 0.0443. The predicted octanol–water partition coefficient (Wildman–Crippen LogP) is 4.80. The summed E-state index contributed by atoms with van der Waals surface area (Å²) in [6.45, 7) is 0. The fraction of sp³-hybridized carbons (Fsp3) is 0.143. The molecule has 2 N–H and O–H groups in total. The molecule has 2 nitrogen and oxygen atoms in total. The van der Waals surface area contributed by atoms with Crippen LogP contribution in [0.2, 0.25) is 0 Å². The molecule has 0 aliphatic carbocycles. The van der Waals surface area contributed by atoms with E-state index in [-0.39, 0.29) is 11.4 Å². The van der Waals surface area contributed by atoms with Crippen molar-refractivity contribution in [2.45, 2.75) is 11.1 Å². The Morgan fingerprint density at radius 2 is 1.75 bits per heavy atom. The van der Waals surface area contributed by atoms with Gasteiger partial charge in [-0.15, -0.1) is 11.8 Å². The Bertz CT molecular complexity index is 614. The van der Waals surface area contributed by atoms with Gasteiger partial charge in [-0.05, 0) is 36.6 Å². The van der Waals surface area contributed by atoms with Crippen LogP contribution in [0.3, 0.4) is 0 Å². The molecule has 20 heavy (non-hydrogen) atoms. The number of alkyl halides is 3. The van der Waals surface area contributed by atoms with E-state index in [0.717, 1.165) is 11.0 Å². The summed E-state index contributed by atoms with van der Waals surface area (Å²) in [7, 11) is 0. The number of para-hydroxylation sites is 1. The summed E-state index contributed by atoms with van der Waals surface area (Å²) >= 11 is 1.40. The zero-order valence-corrected chi connectivity index (χ0v) is 11.4. The van der Waals surface area contributed by atoms with Crippen LogP contribution in [0.5, 0.6) is 11.5 Å². The van der Waals surface area contributed by atoms with Crippen LogP contribution in [0.25, 0.3) is 0 Å². The van der Waals surface area contributed by atoms with Gasteiger partial charge in [0.1, 0.15) is 17.1 Å². The zero-order chi connectivity index (χ0) is 14.8. The minimum atomic E-state index is -4.51. The maximum absolute atomic E-state index is 13.0. The van der Waals surface area contributed by atoms with Crippen molar-refractivity contribution in [1.82, 2.24) is 0 Å². The van der Waals surface area contributed by atoms with E-state index in [1.165, 1.54) is 23.9 Å². The van der Waals surface area contributed by atoms with Crippen LogP contribution in [0.4, 0.5) is 18.9 Å². The van der Waals surface area contributed by atoms with Crippen LogP contribution in [0, 0.1) is 0 Å². The molecule has 0 amide bonds. The number of hydrogen-bond donors (Lipinski definition) is 1. The molecule has 106 valence electrons. The maximum Gasteiger partial charge on any atom is 0.420 e. The lowest BCUT2D eigenvalue weighted by atomic mass is 10.1. The molecule has 0 aromatic heterocycles. The van der Waals surface area contributed by atoms with Gasteiger partial charge in [0.2, 0.25) is 0 Å². The second kappa shape index (κ2) is 5.66. The van der Waals surface area contributed by atoms with Gasteiger partial charge in [-0.25, -0.2) is 0 Å². The fourth-order valence-electron chi connectivity index (χ4n) is 1.68. The summed E-state index contributed by atoms with van der Waals surface area (Å²) in [5, 5.41) is 0. The molecular formula is C14H12F3NOS.